The van der Waals surface area contributed by atoms with E-state index < -0.39 is 11.7 Å². The van der Waals surface area contributed by atoms with Crippen LogP contribution in [0.15, 0.2) is 140 Å². The van der Waals surface area contributed by atoms with Crippen LogP contribution in [0.4, 0.5) is 4.79 Å². The fourth-order valence-electron chi connectivity index (χ4n) is 7.68. The second-order valence-corrected chi connectivity index (χ2v) is 15.1. The molecule has 0 radical (unpaired) electrons. The second kappa shape index (κ2) is 29.5. The molecule has 0 fully saturated rings. The molecule has 1 amide bonds. The highest BCUT2D eigenvalue weighted by molar-refractivity contribution is 5.79. The molecule has 1 aliphatic rings. The number of alkyl carbamates (subject to hydrolysis) is 1. The summed E-state index contributed by atoms with van der Waals surface area (Å²) in [5.74, 6) is 0.0460. The third kappa shape index (κ3) is 16.1. The third-order valence-corrected chi connectivity index (χ3v) is 10.8. The van der Waals surface area contributed by atoms with Crippen LogP contribution in [0, 0.1) is 0 Å². The third-order valence-electron chi connectivity index (χ3n) is 10.8. The topological polar surface area (TPSA) is 121 Å². The Kier molecular flexibility index (Phi) is 22.5. The van der Waals surface area contributed by atoms with Gasteiger partial charge in [-0.1, -0.05) is 140 Å². The molecule has 1 N–H and O–H groups in total. The minimum Gasteiger partial charge on any atom is -0.449 e. The second-order valence-electron chi connectivity index (χ2n) is 15.1. The molecule has 0 spiro atoms. The molecular formula is C53H65NO11. The van der Waals surface area contributed by atoms with Crippen molar-refractivity contribution < 1.29 is 52.2 Å². The Morgan fingerprint density at radius 2 is 0.723 bits per heavy atom. The maximum atomic E-state index is 12.3. The van der Waals surface area contributed by atoms with Crippen molar-refractivity contribution in [2.24, 2.45) is 0 Å². The number of benzene rings is 5. The van der Waals surface area contributed by atoms with Gasteiger partial charge in [0.25, 0.3) is 0 Å². The zero-order valence-electron chi connectivity index (χ0n) is 37.5. The zero-order valence-corrected chi connectivity index (χ0v) is 37.5. The van der Waals surface area contributed by atoms with Gasteiger partial charge in [0, 0.05) is 19.1 Å². The summed E-state index contributed by atoms with van der Waals surface area (Å²) in [5.41, 5.74) is 7.24. The van der Waals surface area contributed by atoms with Crippen molar-refractivity contribution in [3.05, 3.63) is 167 Å². The molecule has 1 aliphatic carbocycles. The van der Waals surface area contributed by atoms with Crippen LogP contribution in [0.2, 0.25) is 0 Å². The fourth-order valence-corrected chi connectivity index (χ4v) is 7.68. The maximum Gasteiger partial charge on any atom is 0.407 e. The minimum absolute atomic E-state index is 0.0460. The Bertz CT molecular complexity index is 1880. The summed E-state index contributed by atoms with van der Waals surface area (Å²) in [5, 5.41) is 2.81. The number of ether oxygens (including phenoxy) is 10. The predicted octanol–water partition coefficient (Wildman–Crippen LogP) is 8.06. The quantitative estimate of drug-likeness (QED) is 0.0319. The zero-order chi connectivity index (χ0) is 44.9. The SMILES string of the molecule is O=C(NCCCOCCOCCOCCOCCOCCOCCOCCOCCOC(c1ccccc1)(c1ccccc1)c1ccccc1)OCC1c2ccccc2-c2ccccc21. The molecule has 12 heteroatoms. The minimum atomic E-state index is -0.759. The molecule has 12 nitrogen and oxygen atoms in total. The number of rotatable bonds is 34. The molecule has 0 saturated carbocycles. The largest absolute Gasteiger partial charge is 0.449 e. The number of hydrogen-bond acceptors (Lipinski definition) is 11. The molecule has 65 heavy (non-hydrogen) atoms. The summed E-state index contributed by atoms with van der Waals surface area (Å²) < 4.78 is 57.3. The lowest BCUT2D eigenvalue weighted by Gasteiger charge is -2.36. The van der Waals surface area contributed by atoms with Gasteiger partial charge >= 0.3 is 6.09 Å². The van der Waals surface area contributed by atoms with Gasteiger partial charge in [0.2, 0.25) is 0 Å². The summed E-state index contributed by atoms with van der Waals surface area (Å²) >= 11 is 0. The molecule has 0 heterocycles. The van der Waals surface area contributed by atoms with Crippen LogP contribution < -0.4 is 5.32 Å². The maximum absolute atomic E-state index is 12.3. The first-order valence-corrected chi connectivity index (χ1v) is 22.8. The van der Waals surface area contributed by atoms with Crippen molar-refractivity contribution in [2.75, 3.05) is 125 Å². The number of carbonyl (C=O) groups excluding carboxylic acids is 1. The molecule has 5 aromatic rings. The monoisotopic (exact) mass is 891 g/mol. The number of carbonyl (C=O) groups is 1. The van der Waals surface area contributed by atoms with E-state index >= 15 is 0 Å². The molecule has 6 rings (SSSR count). The van der Waals surface area contributed by atoms with Gasteiger partial charge in [-0.05, 0) is 45.4 Å². The number of hydrogen-bond donors (Lipinski definition) is 1. The van der Waals surface area contributed by atoms with E-state index in [2.05, 4.69) is 66.0 Å². The van der Waals surface area contributed by atoms with E-state index in [0.717, 1.165) is 16.7 Å². The van der Waals surface area contributed by atoms with Gasteiger partial charge < -0.3 is 52.7 Å². The number of amides is 1. The van der Waals surface area contributed by atoms with Gasteiger partial charge in [0.15, 0.2) is 0 Å². The standard InChI is InChI=1S/C53H65NO11/c55-52(64-43-51-49-23-12-10-21-47(49)48-22-11-13-24-50(48)51)54-25-14-26-56-27-28-57-29-30-58-31-32-59-33-34-60-35-36-61-37-38-62-39-40-63-41-42-65-53(44-15-4-1-5-16-44,45-17-6-2-7-18-45)46-19-8-3-9-20-46/h1-13,15-24,51H,14,25-43H2,(H,54,55). The van der Waals surface area contributed by atoms with Gasteiger partial charge in [-0.3, -0.25) is 0 Å². The fraction of sp³-hybridized carbons (Fsp3) is 0.415. The molecule has 0 atom stereocenters. The molecule has 0 bridgehead atoms. The molecule has 0 aromatic heterocycles. The van der Waals surface area contributed by atoms with E-state index in [1.807, 2.05) is 78.9 Å². The number of nitrogens with one attached hydrogen (secondary N) is 1. The van der Waals surface area contributed by atoms with Crippen LogP contribution in [0.5, 0.6) is 0 Å². The summed E-state index contributed by atoms with van der Waals surface area (Å²) in [6, 6.07) is 47.6. The van der Waals surface area contributed by atoms with Crippen molar-refractivity contribution in [3.63, 3.8) is 0 Å². The first-order chi connectivity index (χ1) is 32.3. The van der Waals surface area contributed by atoms with Crippen LogP contribution >= 0.6 is 0 Å². The molecule has 0 aliphatic heterocycles. The number of fused-ring (bicyclic) bond motifs is 3. The highest BCUT2D eigenvalue weighted by atomic mass is 16.6. The smallest absolute Gasteiger partial charge is 0.407 e. The predicted molar refractivity (Wildman–Crippen MR) is 249 cm³/mol. The van der Waals surface area contributed by atoms with Crippen LogP contribution in [0.1, 0.15) is 40.2 Å². The Labute approximate surface area is 384 Å². The Balaban J connectivity index is 0.658. The Morgan fingerprint density at radius 1 is 0.400 bits per heavy atom. The van der Waals surface area contributed by atoms with Crippen LogP contribution in [-0.4, -0.2) is 132 Å². The van der Waals surface area contributed by atoms with Crippen molar-refractivity contribution in [3.8, 4) is 11.1 Å². The van der Waals surface area contributed by atoms with E-state index in [0.29, 0.717) is 132 Å². The van der Waals surface area contributed by atoms with E-state index in [1.54, 1.807) is 0 Å². The first-order valence-electron chi connectivity index (χ1n) is 22.8. The normalized spacial score (nSPS) is 12.2. The average molecular weight is 892 g/mol. The highest BCUT2D eigenvalue weighted by Gasteiger charge is 2.37. The lowest BCUT2D eigenvalue weighted by Crippen LogP contribution is -2.34. The van der Waals surface area contributed by atoms with E-state index in [-0.39, 0.29) is 5.92 Å². The molecule has 348 valence electrons. The first kappa shape index (κ1) is 49.4. The summed E-state index contributed by atoms with van der Waals surface area (Å²) in [4.78, 5) is 12.3. The van der Waals surface area contributed by atoms with Crippen molar-refractivity contribution in [2.45, 2.75) is 17.9 Å². The van der Waals surface area contributed by atoms with Crippen LogP contribution in [0.3, 0.4) is 0 Å². The van der Waals surface area contributed by atoms with Gasteiger partial charge in [-0.2, -0.15) is 0 Å². The Hall–Kier alpha value is -4.99. The lowest BCUT2D eigenvalue weighted by atomic mass is 9.80. The van der Waals surface area contributed by atoms with Crippen molar-refractivity contribution >= 4 is 6.09 Å². The van der Waals surface area contributed by atoms with E-state index in [1.165, 1.54) is 22.3 Å². The van der Waals surface area contributed by atoms with Crippen molar-refractivity contribution in [1.29, 1.82) is 0 Å². The van der Waals surface area contributed by atoms with E-state index in [4.69, 9.17) is 47.4 Å². The lowest BCUT2D eigenvalue weighted by molar-refractivity contribution is -0.0398. The summed E-state index contributed by atoms with van der Waals surface area (Å²) in [7, 11) is 0. The van der Waals surface area contributed by atoms with Gasteiger partial charge in [0.05, 0.1) is 106 Å². The Morgan fingerprint density at radius 3 is 1.11 bits per heavy atom. The van der Waals surface area contributed by atoms with Crippen LogP contribution in [0.25, 0.3) is 11.1 Å². The highest BCUT2D eigenvalue weighted by Crippen LogP contribution is 2.44. The summed E-state index contributed by atoms with van der Waals surface area (Å²) in [6.45, 7) is 8.85. The molecule has 0 unspecified atom stereocenters. The van der Waals surface area contributed by atoms with Gasteiger partial charge in [-0.25, -0.2) is 4.79 Å². The van der Waals surface area contributed by atoms with Crippen molar-refractivity contribution in [1.82, 2.24) is 5.32 Å². The molecule has 0 saturated heterocycles. The van der Waals surface area contributed by atoms with Gasteiger partial charge in [-0.15, -0.1) is 0 Å². The van der Waals surface area contributed by atoms with E-state index in [9.17, 15) is 4.79 Å². The summed E-state index contributed by atoms with van der Waals surface area (Å²) in [6.07, 6.45) is 0.266. The van der Waals surface area contributed by atoms with Crippen LogP contribution in [-0.2, 0) is 53.0 Å². The molecular weight excluding hydrogens is 827 g/mol. The van der Waals surface area contributed by atoms with Gasteiger partial charge in [0.1, 0.15) is 12.2 Å². The molecule has 5 aromatic carbocycles. The average Bonchev–Trinajstić information content (AvgIpc) is 3.68.